The third-order valence-corrected chi connectivity index (χ3v) is 4.59. The first kappa shape index (κ1) is 17.8. The van der Waals surface area contributed by atoms with Crippen LogP contribution in [0.4, 0.5) is 8.78 Å². The average molecular weight is 366 g/mol. The van der Waals surface area contributed by atoms with Crippen molar-refractivity contribution in [1.82, 2.24) is 4.90 Å². The van der Waals surface area contributed by atoms with E-state index in [-0.39, 0.29) is 18.6 Å². The molecule has 0 bridgehead atoms. The number of carbonyl (C=O) groups excluding carboxylic acids is 1. The van der Waals surface area contributed by atoms with Crippen LogP contribution in [0, 0.1) is 11.6 Å². The summed E-state index contributed by atoms with van der Waals surface area (Å²) in [7, 11) is 0. The Morgan fingerprint density at radius 1 is 1.24 bits per heavy atom. The molecule has 0 saturated carbocycles. The summed E-state index contributed by atoms with van der Waals surface area (Å²) < 4.78 is 32.4. The number of benzene rings is 2. The molecule has 0 aromatic heterocycles. The molecule has 0 radical (unpaired) electrons. The van der Waals surface area contributed by atoms with Gasteiger partial charge in [-0.2, -0.15) is 0 Å². The van der Waals surface area contributed by atoms with Crippen molar-refractivity contribution in [3.8, 4) is 0 Å². The molecule has 1 saturated heterocycles. The Balaban J connectivity index is 1.61. The average Bonchev–Trinajstić information content (AvgIpc) is 2.61. The van der Waals surface area contributed by atoms with E-state index in [2.05, 4.69) is 0 Å². The van der Waals surface area contributed by atoms with Crippen molar-refractivity contribution in [3.05, 3.63) is 70.2 Å². The summed E-state index contributed by atoms with van der Waals surface area (Å²) >= 11 is 6.10. The number of nitrogens with zero attached hydrogens (tertiary/aromatic N) is 1. The van der Waals surface area contributed by atoms with Gasteiger partial charge in [0.05, 0.1) is 23.3 Å². The number of amides is 1. The molecule has 0 spiro atoms. The minimum absolute atomic E-state index is 0.0465. The van der Waals surface area contributed by atoms with Crippen LogP contribution in [0.25, 0.3) is 0 Å². The second-order valence-electron chi connectivity index (χ2n) is 6.04. The fourth-order valence-electron chi connectivity index (χ4n) is 2.91. The van der Waals surface area contributed by atoms with Gasteiger partial charge in [-0.05, 0) is 31.0 Å². The van der Waals surface area contributed by atoms with Crippen molar-refractivity contribution in [2.45, 2.75) is 25.6 Å². The Kier molecular flexibility index (Phi) is 5.66. The lowest BCUT2D eigenvalue weighted by Gasteiger charge is -2.33. The summed E-state index contributed by atoms with van der Waals surface area (Å²) in [5, 5.41) is 0.420. The van der Waals surface area contributed by atoms with E-state index in [1.165, 1.54) is 12.1 Å². The van der Waals surface area contributed by atoms with Gasteiger partial charge < -0.3 is 9.64 Å². The van der Waals surface area contributed by atoms with Gasteiger partial charge in [-0.25, -0.2) is 8.78 Å². The molecular formula is C19H18ClF2NO2. The maximum Gasteiger partial charge on any atom is 0.255 e. The third-order valence-electron chi connectivity index (χ3n) is 4.26. The molecule has 0 N–H and O–H groups in total. The topological polar surface area (TPSA) is 29.5 Å². The molecule has 1 aliphatic heterocycles. The summed E-state index contributed by atoms with van der Waals surface area (Å²) in [6.45, 7) is 1.10. The molecule has 1 heterocycles. The zero-order valence-electron chi connectivity index (χ0n) is 13.6. The van der Waals surface area contributed by atoms with Crippen molar-refractivity contribution in [1.29, 1.82) is 0 Å². The number of halogens is 3. The van der Waals surface area contributed by atoms with Crippen LogP contribution in [-0.2, 0) is 11.3 Å². The standard InChI is InChI=1S/C19H18ClF2NO2/c20-17-6-2-1-5-16(17)19(24)23-9-3-4-15(11-23)25-12-13-7-8-14(21)10-18(13)22/h1-2,5-8,10,15H,3-4,9,11-12H2/t15-/m0/s1. The summed E-state index contributed by atoms with van der Waals surface area (Å²) in [5.74, 6) is -1.37. The smallest absolute Gasteiger partial charge is 0.255 e. The van der Waals surface area contributed by atoms with Crippen LogP contribution in [0.15, 0.2) is 42.5 Å². The second-order valence-corrected chi connectivity index (χ2v) is 6.45. The van der Waals surface area contributed by atoms with Gasteiger partial charge in [-0.3, -0.25) is 4.79 Å². The van der Waals surface area contributed by atoms with Crippen molar-refractivity contribution < 1.29 is 18.3 Å². The van der Waals surface area contributed by atoms with Gasteiger partial charge in [0.2, 0.25) is 0 Å². The number of ether oxygens (including phenoxy) is 1. The van der Waals surface area contributed by atoms with Crippen LogP contribution in [0.5, 0.6) is 0 Å². The Morgan fingerprint density at radius 2 is 2.04 bits per heavy atom. The van der Waals surface area contributed by atoms with Gasteiger partial charge in [0.15, 0.2) is 0 Å². The lowest BCUT2D eigenvalue weighted by atomic mass is 10.1. The molecule has 0 unspecified atom stereocenters. The first-order valence-electron chi connectivity index (χ1n) is 8.14. The molecule has 1 atom stereocenters. The number of carbonyl (C=O) groups is 1. The number of likely N-dealkylation sites (tertiary alicyclic amines) is 1. The van der Waals surface area contributed by atoms with Gasteiger partial charge in [0.1, 0.15) is 11.6 Å². The number of hydrogen-bond donors (Lipinski definition) is 0. The monoisotopic (exact) mass is 365 g/mol. The molecular weight excluding hydrogens is 348 g/mol. The Morgan fingerprint density at radius 3 is 2.80 bits per heavy atom. The molecule has 1 amide bonds. The predicted octanol–water partition coefficient (Wildman–Crippen LogP) is 4.44. The molecule has 0 aliphatic carbocycles. The summed E-state index contributed by atoms with van der Waals surface area (Å²) in [4.78, 5) is 14.3. The minimum atomic E-state index is -0.625. The van der Waals surface area contributed by atoms with Gasteiger partial charge >= 0.3 is 0 Å². The van der Waals surface area contributed by atoms with Crippen LogP contribution < -0.4 is 0 Å². The molecule has 3 rings (SSSR count). The van der Waals surface area contributed by atoms with Crippen LogP contribution in [0.3, 0.4) is 0 Å². The quantitative estimate of drug-likeness (QED) is 0.801. The van der Waals surface area contributed by atoms with Crippen LogP contribution in [0.2, 0.25) is 5.02 Å². The highest BCUT2D eigenvalue weighted by Crippen LogP contribution is 2.22. The fraction of sp³-hybridized carbons (Fsp3) is 0.316. The normalized spacial score (nSPS) is 17.6. The zero-order valence-corrected chi connectivity index (χ0v) is 14.3. The van der Waals surface area contributed by atoms with Crippen LogP contribution in [0.1, 0.15) is 28.8 Å². The Hall–Kier alpha value is -1.98. The molecule has 132 valence electrons. The zero-order chi connectivity index (χ0) is 17.8. The highest BCUT2D eigenvalue weighted by Gasteiger charge is 2.26. The predicted molar refractivity (Wildman–Crippen MR) is 91.5 cm³/mol. The van der Waals surface area contributed by atoms with E-state index in [1.54, 1.807) is 29.2 Å². The number of rotatable bonds is 4. The minimum Gasteiger partial charge on any atom is -0.372 e. The molecule has 25 heavy (non-hydrogen) atoms. The van der Waals surface area contributed by atoms with Gasteiger partial charge in [0.25, 0.3) is 5.91 Å². The Bertz CT molecular complexity index is 769. The van der Waals surface area contributed by atoms with E-state index in [0.29, 0.717) is 29.2 Å². The maximum atomic E-state index is 13.7. The third kappa shape index (κ3) is 4.35. The van der Waals surface area contributed by atoms with E-state index in [1.807, 2.05) is 0 Å². The van der Waals surface area contributed by atoms with E-state index < -0.39 is 11.6 Å². The molecule has 2 aromatic rings. The molecule has 3 nitrogen and oxygen atoms in total. The lowest BCUT2D eigenvalue weighted by molar-refractivity contribution is -0.00764. The highest BCUT2D eigenvalue weighted by atomic mass is 35.5. The highest BCUT2D eigenvalue weighted by molar-refractivity contribution is 6.33. The van der Waals surface area contributed by atoms with E-state index >= 15 is 0 Å². The first-order valence-corrected chi connectivity index (χ1v) is 8.51. The Labute approximate surface area is 150 Å². The summed E-state index contributed by atoms with van der Waals surface area (Å²) in [6.07, 6.45) is 1.40. The van der Waals surface area contributed by atoms with E-state index in [0.717, 1.165) is 18.9 Å². The van der Waals surface area contributed by atoms with Crippen molar-refractivity contribution in [2.24, 2.45) is 0 Å². The SMILES string of the molecule is O=C(c1ccccc1Cl)N1CCC[C@H](OCc2ccc(F)cc2F)C1. The number of hydrogen-bond acceptors (Lipinski definition) is 2. The summed E-state index contributed by atoms with van der Waals surface area (Å²) in [5.41, 5.74) is 0.769. The van der Waals surface area contributed by atoms with Gasteiger partial charge in [-0.1, -0.05) is 29.8 Å². The van der Waals surface area contributed by atoms with Gasteiger partial charge in [0, 0.05) is 24.7 Å². The van der Waals surface area contributed by atoms with Crippen LogP contribution in [-0.4, -0.2) is 30.0 Å². The fourth-order valence-corrected chi connectivity index (χ4v) is 3.13. The molecule has 1 fully saturated rings. The van der Waals surface area contributed by atoms with Gasteiger partial charge in [-0.15, -0.1) is 0 Å². The van der Waals surface area contributed by atoms with Crippen molar-refractivity contribution >= 4 is 17.5 Å². The van der Waals surface area contributed by atoms with E-state index in [9.17, 15) is 13.6 Å². The largest absolute Gasteiger partial charge is 0.372 e. The van der Waals surface area contributed by atoms with Crippen molar-refractivity contribution in [2.75, 3.05) is 13.1 Å². The van der Waals surface area contributed by atoms with Crippen LogP contribution >= 0.6 is 11.6 Å². The lowest BCUT2D eigenvalue weighted by Crippen LogP contribution is -2.43. The maximum absolute atomic E-state index is 13.7. The molecule has 6 heteroatoms. The first-order chi connectivity index (χ1) is 12.0. The molecule has 2 aromatic carbocycles. The summed E-state index contributed by atoms with van der Waals surface area (Å²) in [6, 6.07) is 10.3. The van der Waals surface area contributed by atoms with E-state index in [4.69, 9.17) is 16.3 Å². The molecule has 1 aliphatic rings. The second kappa shape index (κ2) is 7.93. The number of piperidine rings is 1. The van der Waals surface area contributed by atoms with Crippen molar-refractivity contribution in [3.63, 3.8) is 0 Å².